The van der Waals surface area contributed by atoms with Crippen LogP contribution in [0.1, 0.15) is 47.8 Å². The Hall–Kier alpha value is -0.770. The molecule has 2 aliphatic rings. The number of rotatable bonds is 12. The smallest absolute Gasteiger partial charge is 0.431 e. The maximum atomic E-state index is 14.6. The van der Waals surface area contributed by atoms with Crippen LogP contribution in [0.4, 0.5) is 4.79 Å². The summed E-state index contributed by atoms with van der Waals surface area (Å²) in [5.74, 6) is -0.551. The predicted octanol–water partition coefficient (Wildman–Crippen LogP) is 8.59. The van der Waals surface area contributed by atoms with Crippen molar-refractivity contribution in [3.63, 3.8) is 0 Å². The van der Waals surface area contributed by atoms with Crippen molar-refractivity contribution in [3.8, 4) is 23.0 Å². The van der Waals surface area contributed by atoms with Crippen molar-refractivity contribution in [1.82, 2.24) is 15.7 Å². The highest BCUT2D eigenvalue weighted by Gasteiger charge is 2.60. The van der Waals surface area contributed by atoms with E-state index in [2.05, 4.69) is 5.32 Å². The minimum Gasteiger partial charge on any atom is -0.506 e. The molecule has 0 atom stereocenters. The van der Waals surface area contributed by atoms with E-state index in [0.29, 0.717) is 25.4 Å². The standard InChI is InChI=1S/C33H29Cl4I4N3O10/c1-32(2,3)54-31(49)43-52-12-17(45)42-4-6-50-8-9-51-7-5-44-30(48)18-19(21(35)23(37)22(36)20(18)34)33(44)13-10-15(38)26(46)24(40)28(13)53-29-14(33)11-16(39)27(47)25(29)41/h10-11,46-47H,4-9,12H2,1-3H3,(H,42,45)(H,43,49). The highest BCUT2D eigenvalue weighted by molar-refractivity contribution is 14.1. The van der Waals surface area contributed by atoms with Gasteiger partial charge in [0.15, 0.2) is 18.1 Å². The predicted molar refractivity (Wildman–Crippen MR) is 235 cm³/mol. The molecular formula is C33H29Cl4I4N3O10. The van der Waals surface area contributed by atoms with Crippen LogP contribution in [-0.2, 0) is 29.4 Å². The molecule has 5 rings (SSSR count). The molecule has 0 aliphatic carbocycles. The third-order valence-electron chi connectivity index (χ3n) is 7.93. The van der Waals surface area contributed by atoms with E-state index < -0.39 is 35.7 Å². The first kappa shape index (κ1) is 44.3. The summed E-state index contributed by atoms with van der Waals surface area (Å²) in [6.07, 6.45) is -0.814. The van der Waals surface area contributed by atoms with Crippen molar-refractivity contribution in [2.45, 2.75) is 31.9 Å². The molecule has 0 bridgehead atoms. The number of phenols is 2. The van der Waals surface area contributed by atoms with Crippen molar-refractivity contribution in [1.29, 1.82) is 0 Å². The van der Waals surface area contributed by atoms with Crippen LogP contribution in [0.15, 0.2) is 12.1 Å². The van der Waals surface area contributed by atoms with Crippen LogP contribution in [0.25, 0.3) is 0 Å². The Morgan fingerprint density at radius 3 is 1.94 bits per heavy atom. The Morgan fingerprint density at radius 2 is 1.39 bits per heavy atom. The van der Waals surface area contributed by atoms with Crippen LogP contribution in [0.5, 0.6) is 23.0 Å². The number of hydroxylamine groups is 1. The number of nitrogens with one attached hydrogen (secondary N) is 2. The third-order valence-corrected chi connectivity index (χ3v) is 13.4. The number of carbonyl (C=O) groups excluding carboxylic acids is 3. The largest absolute Gasteiger partial charge is 0.506 e. The summed E-state index contributed by atoms with van der Waals surface area (Å²) in [7, 11) is 0. The maximum absolute atomic E-state index is 14.6. The summed E-state index contributed by atoms with van der Waals surface area (Å²) in [5, 5.41) is 24.4. The summed E-state index contributed by atoms with van der Waals surface area (Å²) in [6.45, 7) is 5.35. The number of amides is 3. The van der Waals surface area contributed by atoms with Gasteiger partial charge in [0, 0.05) is 29.8 Å². The second-order valence-corrected chi connectivity index (χ2v) is 18.5. The van der Waals surface area contributed by atoms with Gasteiger partial charge in [-0.25, -0.2) is 4.79 Å². The lowest BCUT2D eigenvalue weighted by Crippen LogP contribution is -2.49. The maximum Gasteiger partial charge on any atom is 0.431 e. The van der Waals surface area contributed by atoms with Crippen molar-refractivity contribution < 1.29 is 48.4 Å². The van der Waals surface area contributed by atoms with Crippen LogP contribution in [0.2, 0.25) is 20.1 Å². The zero-order valence-corrected chi connectivity index (χ0v) is 39.9. The first-order chi connectivity index (χ1) is 25.3. The first-order valence-corrected chi connectivity index (χ1v) is 21.5. The van der Waals surface area contributed by atoms with E-state index in [0.717, 1.165) is 0 Å². The zero-order chi connectivity index (χ0) is 39.9. The highest BCUT2D eigenvalue weighted by Crippen LogP contribution is 2.64. The molecule has 292 valence electrons. The molecule has 0 fully saturated rings. The van der Waals surface area contributed by atoms with E-state index in [4.69, 9.17) is 70.2 Å². The Bertz CT molecular complexity index is 1970. The SMILES string of the molecule is CC(C)(C)OC(=O)NOCC(=O)NCCOCCOCCN1C(=O)c2c(Cl)c(Cl)c(Cl)c(Cl)c2C12c1cc(I)c(O)c(I)c1Oc1c2cc(I)c(O)c1I. The van der Waals surface area contributed by atoms with Crippen LogP contribution in [0.3, 0.4) is 0 Å². The number of hydrogen-bond acceptors (Lipinski definition) is 10. The number of hydrogen-bond donors (Lipinski definition) is 4. The fourth-order valence-corrected chi connectivity index (χ4v) is 10.5. The third kappa shape index (κ3) is 8.65. The molecule has 0 aromatic heterocycles. The van der Waals surface area contributed by atoms with E-state index in [9.17, 15) is 24.6 Å². The summed E-state index contributed by atoms with van der Waals surface area (Å²) < 4.78 is 24.7. The number of halogens is 8. The number of aromatic hydroxyl groups is 2. The van der Waals surface area contributed by atoms with Gasteiger partial charge in [0.05, 0.1) is 66.4 Å². The molecule has 4 N–H and O–H groups in total. The van der Waals surface area contributed by atoms with Gasteiger partial charge in [-0.3, -0.25) is 14.4 Å². The Balaban J connectivity index is 1.34. The minimum absolute atomic E-state index is 0.000764. The van der Waals surface area contributed by atoms with Crippen molar-refractivity contribution in [2.75, 3.05) is 46.1 Å². The van der Waals surface area contributed by atoms with Crippen LogP contribution < -0.4 is 15.5 Å². The molecule has 0 unspecified atom stereocenters. The lowest BCUT2D eigenvalue weighted by Gasteiger charge is -2.45. The molecule has 1 spiro atoms. The number of carbonyl (C=O) groups is 3. The average molecular weight is 1280 g/mol. The second-order valence-electron chi connectivity index (χ2n) is 12.5. The van der Waals surface area contributed by atoms with Gasteiger partial charge in [0.1, 0.15) is 22.6 Å². The number of phenolic OH excluding ortho intramolecular Hbond substituents is 2. The van der Waals surface area contributed by atoms with Gasteiger partial charge >= 0.3 is 6.09 Å². The number of ether oxygens (including phenoxy) is 4. The fraction of sp³-hybridized carbons (Fsp3) is 0.364. The van der Waals surface area contributed by atoms with Crippen molar-refractivity contribution in [2.24, 2.45) is 0 Å². The van der Waals surface area contributed by atoms with E-state index in [1.54, 1.807) is 37.8 Å². The average Bonchev–Trinajstić information content (AvgIpc) is 3.35. The number of nitrogens with zero attached hydrogens (tertiary/aromatic N) is 1. The molecule has 13 nitrogen and oxygen atoms in total. The quantitative estimate of drug-likeness (QED) is 0.0454. The van der Waals surface area contributed by atoms with Crippen LogP contribution in [0, 0.1) is 14.3 Å². The van der Waals surface area contributed by atoms with Gasteiger partial charge in [-0.2, -0.15) is 5.48 Å². The van der Waals surface area contributed by atoms with Gasteiger partial charge in [-0.05, 0) is 123 Å². The molecule has 0 saturated carbocycles. The molecule has 2 aliphatic heterocycles. The Labute approximate surface area is 384 Å². The van der Waals surface area contributed by atoms with E-state index in [1.807, 2.05) is 95.8 Å². The van der Waals surface area contributed by atoms with Gasteiger partial charge < -0.3 is 39.4 Å². The highest BCUT2D eigenvalue weighted by atomic mass is 127. The van der Waals surface area contributed by atoms with Gasteiger partial charge in [-0.1, -0.05) is 46.4 Å². The Kier molecular flexibility index (Phi) is 14.8. The summed E-state index contributed by atoms with van der Waals surface area (Å²) in [6, 6.07) is 3.42. The molecule has 3 aromatic carbocycles. The van der Waals surface area contributed by atoms with Crippen molar-refractivity contribution >= 4 is 155 Å². The van der Waals surface area contributed by atoms with Crippen LogP contribution in [-0.4, -0.2) is 84.7 Å². The minimum atomic E-state index is -1.53. The number of benzene rings is 3. The fourth-order valence-electron chi connectivity index (χ4n) is 5.84. The first-order valence-electron chi connectivity index (χ1n) is 15.7. The van der Waals surface area contributed by atoms with Crippen LogP contribution >= 0.6 is 137 Å². The summed E-state index contributed by atoms with van der Waals surface area (Å²) >= 11 is 35.0. The van der Waals surface area contributed by atoms with Gasteiger partial charge in [-0.15, -0.1) is 0 Å². The molecule has 54 heavy (non-hydrogen) atoms. The summed E-state index contributed by atoms with van der Waals surface area (Å²) in [4.78, 5) is 44.6. The van der Waals surface area contributed by atoms with Gasteiger partial charge in [0.2, 0.25) is 5.91 Å². The molecule has 0 radical (unpaired) electrons. The summed E-state index contributed by atoms with van der Waals surface area (Å²) in [5.41, 5.74) is 1.05. The molecule has 21 heteroatoms. The lowest BCUT2D eigenvalue weighted by molar-refractivity contribution is -0.128. The van der Waals surface area contributed by atoms with E-state index in [1.165, 1.54) is 0 Å². The molecular weight excluding hydrogens is 1250 g/mol. The zero-order valence-electron chi connectivity index (χ0n) is 28.2. The lowest BCUT2D eigenvalue weighted by atomic mass is 9.74. The molecule has 3 amide bonds. The van der Waals surface area contributed by atoms with E-state index in [-0.39, 0.29) is 93.7 Å². The van der Waals surface area contributed by atoms with E-state index >= 15 is 0 Å². The van der Waals surface area contributed by atoms with Gasteiger partial charge in [0.25, 0.3) is 5.91 Å². The Morgan fingerprint density at radius 1 is 0.852 bits per heavy atom. The number of fused-ring (bicyclic) bond motifs is 6. The normalized spacial score (nSPS) is 14.1. The van der Waals surface area contributed by atoms with Crippen molar-refractivity contribution in [3.05, 3.63) is 68.8 Å². The second kappa shape index (κ2) is 18.0. The molecule has 0 saturated heterocycles. The topological polar surface area (TPSA) is 165 Å². The molecule has 3 aromatic rings. The molecule has 2 heterocycles. The monoisotopic (exact) mass is 1270 g/mol.